The Labute approximate surface area is 235 Å². The number of unbranched alkanes of at least 4 members (excludes halogenated alkanes) is 1. The fourth-order valence-corrected chi connectivity index (χ4v) is 4.39. The van der Waals surface area contributed by atoms with Crippen LogP contribution in [0.5, 0.6) is 11.5 Å². The number of esters is 1. The van der Waals surface area contributed by atoms with E-state index in [1.54, 1.807) is 20.8 Å². The van der Waals surface area contributed by atoms with Gasteiger partial charge in [-0.15, -0.1) is 0 Å². The Morgan fingerprint density at radius 1 is 0.923 bits per heavy atom. The lowest BCUT2D eigenvalue weighted by Gasteiger charge is -2.36. The lowest BCUT2D eigenvalue weighted by atomic mass is 10.1. The van der Waals surface area contributed by atoms with Crippen LogP contribution in [0.4, 0.5) is 4.79 Å². The van der Waals surface area contributed by atoms with Crippen molar-refractivity contribution in [1.29, 1.82) is 0 Å². The number of carbonyl (C=O) groups excluding carboxylic acids is 2. The summed E-state index contributed by atoms with van der Waals surface area (Å²) in [4.78, 5) is 25.9. The highest BCUT2D eigenvalue weighted by atomic mass is 28.4. The average Bonchev–Trinajstić information content (AvgIpc) is 2.80. The average molecular weight is 558 g/mol. The van der Waals surface area contributed by atoms with E-state index in [1.807, 2.05) is 48.5 Å². The fraction of sp³-hybridized carbons (Fsp3) is 0.548. The number of hydrogen-bond donors (Lipinski definition) is 1. The summed E-state index contributed by atoms with van der Waals surface area (Å²) in [5, 5.41) is 2.72. The largest absolute Gasteiger partial charge is 0.543 e. The lowest BCUT2D eigenvalue weighted by molar-refractivity contribution is -0.147. The van der Waals surface area contributed by atoms with Crippen molar-refractivity contribution < 1.29 is 28.2 Å². The molecule has 216 valence electrons. The molecule has 0 heterocycles. The van der Waals surface area contributed by atoms with Crippen molar-refractivity contribution in [2.75, 3.05) is 6.61 Å². The second kappa shape index (κ2) is 13.9. The minimum Gasteiger partial charge on any atom is -0.543 e. The highest BCUT2D eigenvalue weighted by Gasteiger charge is 2.39. The molecule has 39 heavy (non-hydrogen) atoms. The quantitative estimate of drug-likeness (QED) is 0.166. The van der Waals surface area contributed by atoms with E-state index in [1.165, 1.54) is 0 Å². The van der Waals surface area contributed by atoms with E-state index >= 15 is 0 Å². The monoisotopic (exact) mass is 557 g/mol. The summed E-state index contributed by atoms with van der Waals surface area (Å²) in [6.07, 6.45) is 1.45. The van der Waals surface area contributed by atoms with Gasteiger partial charge in [0, 0.05) is 12.5 Å². The van der Waals surface area contributed by atoms with E-state index in [4.69, 9.17) is 18.6 Å². The Morgan fingerprint density at radius 2 is 1.56 bits per heavy atom. The van der Waals surface area contributed by atoms with E-state index in [-0.39, 0.29) is 18.1 Å². The van der Waals surface area contributed by atoms with Gasteiger partial charge in [0.25, 0.3) is 0 Å². The molecule has 0 aromatic heterocycles. The molecule has 1 N–H and O–H groups in total. The van der Waals surface area contributed by atoms with Gasteiger partial charge in [-0.05, 0) is 68.6 Å². The third-order valence-corrected chi connectivity index (χ3v) is 10.9. The molecular weight excluding hydrogens is 510 g/mol. The van der Waals surface area contributed by atoms with Gasteiger partial charge < -0.3 is 24.0 Å². The summed E-state index contributed by atoms with van der Waals surface area (Å²) in [5.41, 5.74) is 0.938. The zero-order valence-electron chi connectivity index (χ0n) is 25.2. The predicted octanol–water partition coefficient (Wildman–Crippen LogP) is 7.43. The van der Waals surface area contributed by atoms with Gasteiger partial charge in [0.2, 0.25) is 8.32 Å². The van der Waals surface area contributed by atoms with Crippen LogP contribution in [0.15, 0.2) is 48.5 Å². The third-order valence-electron chi connectivity index (χ3n) is 6.52. The van der Waals surface area contributed by atoms with Crippen molar-refractivity contribution in [3.8, 4) is 11.5 Å². The first kappa shape index (κ1) is 32.2. The van der Waals surface area contributed by atoms with Gasteiger partial charge in [-0.1, -0.05) is 64.4 Å². The van der Waals surface area contributed by atoms with Gasteiger partial charge in [-0.2, -0.15) is 0 Å². The second-order valence-corrected chi connectivity index (χ2v) is 17.1. The van der Waals surface area contributed by atoms with E-state index in [2.05, 4.69) is 46.1 Å². The molecule has 0 aliphatic carbocycles. The van der Waals surface area contributed by atoms with Crippen LogP contribution >= 0.6 is 0 Å². The number of amides is 1. The minimum absolute atomic E-state index is 0.00822. The van der Waals surface area contributed by atoms with Gasteiger partial charge in [-0.3, -0.25) is 0 Å². The van der Waals surface area contributed by atoms with Crippen LogP contribution in [-0.2, 0) is 27.3 Å². The van der Waals surface area contributed by atoms with Crippen molar-refractivity contribution >= 4 is 20.4 Å². The van der Waals surface area contributed by atoms with Crippen molar-refractivity contribution in [2.45, 2.75) is 104 Å². The molecule has 8 heteroatoms. The summed E-state index contributed by atoms with van der Waals surface area (Å²) in [6.45, 7) is 19.0. The minimum atomic E-state index is -2.13. The molecule has 0 aliphatic heterocycles. The molecule has 0 spiro atoms. The molecule has 0 aliphatic rings. The summed E-state index contributed by atoms with van der Waals surface area (Å²) in [7, 11) is -2.13. The number of ether oxygens (including phenoxy) is 3. The number of carbonyl (C=O) groups is 2. The maximum absolute atomic E-state index is 13.2. The van der Waals surface area contributed by atoms with E-state index in [0.717, 1.165) is 24.0 Å². The first-order valence-electron chi connectivity index (χ1n) is 13.8. The maximum Gasteiger partial charge on any atom is 0.408 e. The normalized spacial score (nSPS) is 12.8. The van der Waals surface area contributed by atoms with Crippen LogP contribution in [0.3, 0.4) is 0 Å². The zero-order chi connectivity index (χ0) is 29.3. The number of rotatable bonds is 12. The molecule has 1 atom stereocenters. The Morgan fingerprint density at radius 3 is 2.15 bits per heavy atom. The van der Waals surface area contributed by atoms with Crippen LogP contribution in [-0.4, -0.2) is 38.6 Å². The molecular formula is C31H47NO6Si. The molecule has 0 fully saturated rings. The first-order chi connectivity index (χ1) is 18.1. The van der Waals surface area contributed by atoms with Crippen LogP contribution in [0, 0.1) is 0 Å². The molecule has 7 nitrogen and oxygen atoms in total. The highest BCUT2D eigenvalue weighted by molar-refractivity contribution is 6.74. The first-order valence-corrected chi connectivity index (χ1v) is 16.7. The van der Waals surface area contributed by atoms with Crippen LogP contribution in [0.2, 0.25) is 18.1 Å². The van der Waals surface area contributed by atoms with Gasteiger partial charge >= 0.3 is 12.1 Å². The zero-order valence-corrected chi connectivity index (χ0v) is 26.2. The van der Waals surface area contributed by atoms with Crippen LogP contribution in [0.25, 0.3) is 0 Å². The molecule has 0 radical (unpaired) electrons. The van der Waals surface area contributed by atoms with Crippen molar-refractivity contribution in [1.82, 2.24) is 5.32 Å². The van der Waals surface area contributed by atoms with Gasteiger partial charge in [0.1, 0.15) is 29.7 Å². The number of hydrogen-bond acceptors (Lipinski definition) is 6. The summed E-state index contributed by atoms with van der Waals surface area (Å²) >= 11 is 0. The molecule has 0 saturated heterocycles. The Balaban J connectivity index is 2.35. The van der Waals surface area contributed by atoms with Gasteiger partial charge in [0.15, 0.2) is 0 Å². The number of alkyl carbamates (subject to hydrolysis) is 1. The van der Waals surface area contributed by atoms with Crippen molar-refractivity contribution in [3.05, 3.63) is 59.7 Å². The lowest BCUT2D eigenvalue weighted by Crippen LogP contribution is -2.45. The Kier molecular flexibility index (Phi) is 11.5. The number of nitrogens with one attached hydrogen (secondary N) is 1. The molecule has 0 bridgehead atoms. The van der Waals surface area contributed by atoms with E-state index in [0.29, 0.717) is 18.1 Å². The predicted molar refractivity (Wildman–Crippen MR) is 158 cm³/mol. The van der Waals surface area contributed by atoms with Crippen molar-refractivity contribution in [3.63, 3.8) is 0 Å². The molecule has 2 rings (SSSR count). The standard InChI is InChI=1S/C31H47NO6Si/c1-10-11-17-35-25-18-24(19-26(21-25)38-39(8,9)31(5,6)7)20-27(32-29(34)37-30(2,3)4)28(33)36-22-23-15-13-12-14-16-23/h12-16,18-19,21,27H,10-11,17,20,22H2,1-9H3,(H,32,34)/t27-/m0/s1. The SMILES string of the molecule is CCCCOc1cc(C[C@H](NC(=O)OC(C)(C)C)C(=O)OCc2ccccc2)cc(O[Si](C)(C)C(C)(C)C)c1. The van der Waals surface area contributed by atoms with E-state index in [9.17, 15) is 9.59 Å². The van der Waals surface area contributed by atoms with Crippen LogP contribution in [0.1, 0.15) is 72.4 Å². The molecule has 0 saturated carbocycles. The molecule has 0 unspecified atom stereocenters. The molecule has 2 aromatic rings. The maximum atomic E-state index is 13.2. The van der Waals surface area contributed by atoms with Crippen molar-refractivity contribution in [2.24, 2.45) is 0 Å². The van der Waals surface area contributed by atoms with Crippen LogP contribution < -0.4 is 14.5 Å². The highest BCUT2D eigenvalue weighted by Crippen LogP contribution is 2.38. The second-order valence-electron chi connectivity index (χ2n) is 12.4. The smallest absolute Gasteiger partial charge is 0.408 e. The Bertz CT molecular complexity index is 1070. The fourth-order valence-electron chi connectivity index (χ4n) is 3.38. The Hall–Kier alpha value is -3.00. The third kappa shape index (κ3) is 11.3. The van der Waals surface area contributed by atoms with Gasteiger partial charge in [-0.25, -0.2) is 9.59 Å². The summed E-state index contributed by atoms with van der Waals surface area (Å²) < 4.78 is 23.6. The van der Waals surface area contributed by atoms with Gasteiger partial charge in [0.05, 0.1) is 6.61 Å². The van der Waals surface area contributed by atoms with E-state index < -0.39 is 32.0 Å². The summed E-state index contributed by atoms with van der Waals surface area (Å²) in [6, 6.07) is 14.2. The topological polar surface area (TPSA) is 83.1 Å². The number of benzene rings is 2. The summed E-state index contributed by atoms with van der Waals surface area (Å²) in [5.74, 6) is 0.816. The molecule has 2 aromatic carbocycles. The molecule has 1 amide bonds.